The molecule has 0 bridgehead atoms. The van der Waals surface area contributed by atoms with Crippen LogP contribution in [0.25, 0.3) is 0 Å². The van der Waals surface area contributed by atoms with Gasteiger partial charge in [-0.05, 0) is 31.9 Å². The molecule has 1 amide bonds. The normalized spacial score (nSPS) is 26.3. The summed E-state index contributed by atoms with van der Waals surface area (Å²) in [7, 11) is 2.09. The Morgan fingerprint density at radius 3 is 2.65 bits per heavy atom. The number of nitrogens with zero attached hydrogens (tertiary/aromatic N) is 2. The molecule has 0 aliphatic carbocycles. The summed E-state index contributed by atoms with van der Waals surface area (Å²) in [6.45, 7) is 4.69. The summed E-state index contributed by atoms with van der Waals surface area (Å²) in [5.74, 6) is 0.410. The van der Waals surface area contributed by atoms with Gasteiger partial charge in [-0.2, -0.15) is 0 Å². The van der Waals surface area contributed by atoms with Crippen LogP contribution < -0.4 is 15.1 Å². The van der Waals surface area contributed by atoms with Crippen LogP contribution in [0, 0.1) is 5.92 Å². The first-order valence-corrected chi connectivity index (χ1v) is 7.51. The summed E-state index contributed by atoms with van der Waals surface area (Å²) < 4.78 is 0. The highest BCUT2D eigenvalue weighted by molar-refractivity contribution is 5.99. The number of rotatable bonds is 1. The van der Waals surface area contributed by atoms with Gasteiger partial charge < -0.3 is 15.1 Å². The molecule has 0 spiro atoms. The number of carbonyl (C=O) groups excluding carboxylic acids is 1. The van der Waals surface area contributed by atoms with Crippen molar-refractivity contribution >= 4 is 17.3 Å². The van der Waals surface area contributed by atoms with Crippen molar-refractivity contribution in [2.24, 2.45) is 5.92 Å². The average molecular weight is 273 g/mol. The van der Waals surface area contributed by atoms with E-state index in [2.05, 4.69) is 36.3 Å². The van der Waals surface area contributed by atoms with Crippen molar-refractivity contribution < 1.29 is 4.79 Å². The second-order valence-electron chi connectivity index (χ2n) is 5.98. The summed E-state index contributed by atoms with van der Waals surface area (Å²) in [5.41, 5.74) is 2.22. The first-order chi connectivity index (χ1) is 9.66. The Bertz CT molecular complexity index is 494. The molecule has 1 fully saturated rings. The number of benzene rings is 1. The smallest absolute Gasteiger partial charge is 0.231 e. The molecule has 4 heteroatoms. The second-order valence-corrected chi connectivity index (χ2v) is 5.98. The number of para-hydroxylation sites is 2. The monoisotopic (exact) mass is 273 g/mol. The van der Waals surface area contributed by atoms with Gasteiger partial charge in [-0.15, -0.1) is 0 Å². The number of likely N-dealkylation sites (N-methyl/N-ethyl adjacent to an activating group) is 1. The molecule has 1 aromatic carbocycles. The number of fused-ring (bicyclic) bond motifs is 1. The summed E-state index contributed by atoms with van der Waals surface area (Å²) in [6, 6.07) is 8.74. The van der Waals surface area contributed by atoms with E-state index in [1.54, 1.807) is 0 Å². The first kappa shape index (κ1) is 13.4. The van der Waals surface area contributed by atoms with Gasteiger partial charge in [-0.25, -0.2) is 0 Å². The summed E-state index contributed by atoms with van der Waals surface area (Å²) >= 11 is 0. The third-order valence-electron chi connectivity index (χ3n) is 4.52. The Balaban J connectivity index is 1.81. The minimum Gasteiger partial charge on any atom is -0.371 e. The van der Waals surface area contributed by atoms with Crippen LogP contribution in [-0.4, -0.2) is 38.6 Å². The SMILES string of the molecule is CC1CCC(C(=O)N2CCN(C)c3ccccc32)CN1. The Morgan fingerprint density at radius 1 is 1.20 bits per heavy atom. The molecular formula is C16H23N3O. The Hall–Kier alpha value is -1.55. The molecule has 1 N–H and O–H groups in total. The molecule has 2 heterocycles. The summed E-state index contributed by atoms with van der Waals surface area (Å²) in [4.78, 5) is 17.0. The Morgan fingerprint density at radius 2 is 1.95 bits per heavy atom. The zero-order valence-corrected chi connectivity index (χ0v) is 12.3. The van der Waals surface area contributed by atoms with Crippen LogP contribution >= 0.6 is 0 Å². The third kappa shape index (κ3) is 2.40. The van der Waals surface area contributed by atoms with E-state index in [1.807, 2.05) is 17.0 Å². The molecule has 2 aliphatic rings. The number of carbonyl (C=O) groups is 1. The van der Waals surface area contributed by atoms with Crippen molar-refractivity contribution in [1.29, 1.82) is 0 Å². The van der Waals surface area contributed by atoms with Crippen molar-refractivity contribution in [2.75, 3.05) is 36.5 Å². The highest BCUT2D eigenvalue weighted by Crippen LogP contribution is 2.33. The van der Waals surface area contributed by atoms with Crippen LogP contribution in [0.4, 0.5) is 11.4 Å². The molecule has 0 saturated carbocycles. The molecule has 0 radical (unpaired) electrons. The van der Waals surface area contributed by atoms with Crippen molar-refractivity contribution in [3.8, 4) is 0 Å². The van der Waals surface area contributed by atoms with E-state index in [1.165, 1.54) is 0 Å². The number of hydrogen-bond acceptors (Lipinski definition) is 3. The lowest BCUT2D eigenvalue weighted by Gasteiger charge is -2.38. The zero-order chi connectivity index (χ0) is 14.1. The molecule has 0 aromatic heterocycles. The van der Waals surface area contributed by atoms with Gasteiger partial charge in [0.05, 0.1) is 17.3 Å². The molecular weight excluding hydrogens is 250 g/mol. The fraction of sp³-hybridized carbons (Fsp3) is 0.562. The maximum Gasteiger partial charge on any atom is 0.231 e. The van der Waals surface area contributed by atoms with Gasteiger partial charge in [0.25, 0.3) is 0 Å². The number of amides is 1. The minimum atomic E-state index is 0.127. The largest absolute Gasteiger partial charge is 0.371 e. The lowest BCUT2D eigenvalue weighted by molar-refractivity contribution is -0.123. The van der Waals surface area contributed by atoms with Crippen LogP contribution in [0.5, 0.6) is 0 Å². The number of anilines is 2. The van der Waals surface area contributed by atoms with E-state index in [9.17, 15) is 4.79 Å². The van der Waals surface area contributed by atoms with Crippen LogP contribution in [0.3, 0.4) is 0 Å². The van der Waals surface area contributed by atoms with Crippen LogP contribution in [-0.2, 0) is 4.79 Å². The fourth-order valence-electron chi connectivity index (χ4n) is 3.16. The maximum absolute atomic E-state index is 12.8. The van der Waals surface area contributed by atoms with Gasteiger partial charge >= 0.3 is 0 Å². The predicted octanol–water partition coefficient (Wildman–Crippen LogP) is 1.86. The number of piperidine rings is 1. The van der Waals surface area contributed by atoms with E-state index in [0.29, 0.717) is 6.04 Å². The topological polar surface area (TPSA) is 35.6 Å². The van der Waals surface area contributed by atoms with Crippen LogP contribution in [0.2, 0.25) is 0 Å². The molecule has 2 atom stereocenters. The number of nitrogens with one attached hydrogen (secondary N) is 1. The van der Waals surface area contributed by atoms with Crippen molar-refractivity contribution in [3.63, 3.8) is 0 Å². The highest BCUT2D eigenvalue weighted by Gasteiger charge is 2.31. The molecule has 108 valence electrons. The fourth-order valence-corrected chi connectivity index (χ4v) is 3.16. The second kappa shape index (κ2) is 5.44. The van der Waals surface area contributed by atoms with Crippen molar-refractivity contribution in [2.45, 2.75) is 25.8 Å². The lowest BCUT2D eigenvalue weighted by Crippen LogP contribution is -2.49. The lowest BCUT2D eigenvalue weighted by atomic mass is 9.93. The molecule has 1 saturated heterocycles. The molecule has 2 unspecified atom stereocenters. The maximum atomic E-state index is 12.8. The van der Waals surface area contributed by atoms with Crippen molar-refractivity contribution in [1.82, 2.24) is 5.32 Å². The summed E-state index contributed by atoms with van der Waals surface area (Å²) in [5, 5.41) is 3.43. The minimum absolute atomic E-state index is 0.127. The summed E-state index contributed by atoms with van der Waals surface area (Å²) in [6.07, 6.45) is 2.09. The third-order valence-corrected chi connectivity index (χ3v) is 4.52. The van der Waals surface area contributed by atoms with Gasteiger partial charge in [0.1, 0.15) is 0 Å². The Kier molecular flexibility index (Phi) is 3.66. The average Bonchev–Trinajstić information content (AvgIpc) is 2.48. The molecule has 3 rings (SSSR count). The quantitative estimate of drug-likeness (QED) is 0.848. The first-order valence-electron chi connectivity index (χ1n) is 7.51. The van der Waals surface area contributed by atoms with Crippen molar-refractivity contribution in [3.05, 3.63) is 24.3 Å². The van der Waals surface area contributed by atoms with Gasteiger partial charge in [-0.3, -0.25) is 4.79 Å². The molecule has 20 heavy (non-hydrogen) atoms. The molecule has 2 aliphatic heterocycles. The zero-order valence-electron chi connectivity index (χ0n) is 12.3. The van der Waals surface area contributed by atoms with Gasteiger partial charge in [-0.1, -0.05) is 12.1 Å². The van der Waals surface area contributed by atoms with Crippen LogP contribution in [0.15, 0.2) is 24.3 Å². The van der Waals surface area contributed by atoms with Crippen LogP contribution in [0.1, 0.15) is 19.8 Å². The van der Waals surface area contributed by atoms with E-state index < -0.39 is 0 Å². The predicted molar refractivity (Wildman–Crippen MR) is 82.3 cm³/mol. The highest BCUT2D eigenvalue weighted by atomic mass is 16.2. The standard InChI is InChI=1S/C16H23N3O/c1-12-7-8-13(11-17-12)16(20)19-10-9-18(2)14-5-3-4-6-15(14)19/h3-6,12-13,17H,7-11H2,1-2H3. The Labute approximate surface area is 120 Å². The van der Waals surface area contributed by atoms with E-state index in [0.717, 1.165) is 43.9 Å². The van der Waals surface area contributed by atoms with E-state index in [-0.39, 0.29) is 11.8 Å². The molecule has 1 aromatic rings. The van der Waals surface area contributed by atoms with E-state index in [4.69, 9.17) is 0 Å². The molecule has 4 nitrogen and oxygen atoms in total. The van der Waals surface area contributed by atoms with Gasteiger partial charge in [0.15, 0.2) is 0 Å². The van der Waals surface area contributed by atoms with Gasteiger partial charge in [0.2, 0.25) is 5.91 Å². The number of hydrogen-bond donors (Lipinski definition) is 1. The van der Waals surface area contributed by atoms with Gasteiger partial charge in [0, 0.05) is 32.7 Å². The van der Waals surface area contributed by atoms with E-state index >= 15 is 0 Å².